The van der Waals surface area contributed by atoms with Crippen molar-refractivity contribution in [1.29, 1.82) is 0 Å². The second-order valence-electron chi connectivity index (χ2n) is 2.97. The Bertz CT molecular complexity index is 334. The van der Waals surface area contributed by atoms with Crippen molar-refractivity contribution >= 4 is 37.6 Å². The van der Waals surface area contributed by atoms with Crippen LogP contribution in [0.2, 0.25) is 0 Å². The molecule has 0 bridgehead atoms. The van der Waals surface area contributed by atoms with Crippen molar-refractivity contribution in [2.45, 2.75) is 18.7 Å². The number of carbonyl (C=O) groups excluding carboxylic acids is 1. The van der Waals surface area contributed by atoms with Gasteiger partial charge in [-0.25, -0.2) is 0 Å². The van der Waals surface area contributed by atoms with Crippen molar-refractivity contribution in [3.63, 3.8) is 0 Å². The molecule has 0 aliphatic heterocycles. The molecule has 0 spiro atoms. The molecule has 0 saturated carbocycles. The Morgan fingerprint density at radius 2 is 2.08 bits per heavy atom. The third kappa shape index (κ3) is 2.64. The van der Waals surface area contributed by atoms with Gasteiger partial charge in [-0.1, -0.05) is 37.9 Å². The first-order chi connectivity index (χ1) is 6.02. The molecule has 0 aromatic heterocycles. The molecule has 1 rings (SSSR count). The molecular weight excluding hydrogens is 296 g/mol. The number of carbonyl (C=O) groups is 1. The second kappa shape index (κ2) is 4.38. The van der Waals surface area contributed by atoms with Crippen molar-refractivity contribution < 1.29 is 4.79 Å². The number of hydrogen-bond donors (Lipinski definition) is 0. The molecule has 1 aromatic rings. The summed E-state index contributed by atoms with van der Waals surface area (Å²) in [6.45, 7) is 3.58. The third-order valence-electron chi connectivity index (χ3n) is 1.87. The second-order valence-corrected chi connectivity index (χ2v) is 4.81. The molecule has 0 amide bonds. The third-order valence-corrected chi connectivity index (χ3v) is 3.50. The van der Waals surface area contributed by atoms with Crippen LogP contribution < -0.4 is 0 Å². The zero-order valence-electron chi connectivity index (χ0n) is 7.47. The molecule has 0 aliphatic carbocycles. The molecule has 0 heterocycles. The minimum absolute atomic E-state index is 0.126. The molecule has 0 radical (unpaired) electrons. The van der Waals surface area contributed by atoms with E-state index in [2.05, 4.69) is 31.9 Å². The van der Waals surface area contributed by atoms with Gasteiger partial charge in [0.05, 0.1) is 4.83 Å². The predicted molar refractivity (Wildman–Crippen MR) is 61.2 cm³/mol. The Balaban J connectivity index is 3.12. The lowest BCUT2D eigenvalue weighted by atomic mass is 10.0. The molecule has 1 unspecified atom stereocenters. The lowest BCUT2D eigenvalue weighted by molar-refractivity contribution is -0.116. The first kappa shape index (κ1) is 10.9. The maximum absolute atomic E-state index is 11.1. The average Bonchev–Trinajstić information content (AvgIpc) is 2.08. The highest BCUT2D eigenvalue weighted by atomic mass is 79.9. The van der Waals surface area contributed by atoms with Gasteiger partial charge in [-0.05, 0) is 37.1 Å². The van der Waals surface area contributed by atoms with Gasteiger partial charge >= 0.3 is 0 Å². The van der Waals surface area contributed by atoms with E-state index in [1.807, 2.05) is 25.1 Å². The van der Waals surface area contributed by atoms with Gasteiger partial charge in [-0.3, -0.25) is 4.79 Å². The highest BCUT2D eigenvalue weighted by Gasteiger charge is 2.14. The van der Waals surface area contributed by atoms with E-state index < -0.39 is 0 Å². The lowest BCUT2D eigenvalue weighted by Gasteiger charge is -2.10. The number of Topliss-reactive ketones (excluding diaryl/α,β-unsaturated/α-hetero) is 1. The van der Waals surface area contributed by atoms with Crippen LogP contribution in [0.25, 0.3) is 0 Å². The van der Waals surface area contributed by atoms with Crippen molar-refractivity contribution in [3.05, 3.63) is 33.8 Å². The first-order valence-corrected chi connectivity index (χ1v) is 5.64. The van der Waals surface area contributed by atoms with Gasteiger partial charge in [0, 0.05) is 4.47 Å². The number of halogens is 2. The number of hydrogen-bond acceptors (Lipinski definition) is 1. The summed E-state index contributed by atoms with van der Waals surface area (Å²) in [6.07, 6.45) is 0. The molecule has 13 heavy (non-hydrogen) atoms. The van der Waals surface area contributed by atoms with Crippen molar-refractivity contribution in [1.82, 2.24) is 0 Å². The summed E-state index contributed by atoms with van der Waals surface area (Å²) in [6, 6.07) is 5.94. The molecular formula is C10H10Br2O. The maximum Gasteiger partial charge on any atom is 0.147 e. The van der Waals surface area contributed by atoms with Crippen LogP contribution >= 0.6 is 31.9 Å². The molecule has 1 aromatic carbocycles. The minimum atomic E-state index is -0.190. The SMILES string of the molecule is CC(=O)C(Br)c1cc(Br)ccc1C. The van der Waals surface area contributed by atoms with E-state index in [4.69, 9.17) is 0 Å². The number of ketones is 1. The van der Waals surface area contributed by atoms with Crippen molar-refractivity contribution in [2.24, 2.45) is 0 Å². The Labute approximate surface area is 94.8 Å². The highest BCUT2D eigenvalue weighted by Crippen LogP contribution is 2.28. The van der Waals surface area contributed by atoms with Gasteiger partial charge in [0.2, 0.25) is 0 Å². The summed E-state index contributed by atoms with van der Waals surface area (Å²) in [7, 11) is 0. The Morgan fingerprint density at radius 3 is 2.62 bits per heavy atom. The molecule has 3 heteroatoms. The van der Waals surface area contributed by atoms with Crippen LogP contribution in [0.5, 0.6) is 0 Å². The number of rotatable bonds is 2. The van der Waals surface area contributed by atoms with Crippen LogP contribution in [0.3, 0.4) is 0 Å². The lowest BCUT2D eigenvalue weighted by Crippen LogP contribution is -2.02. The van der Waals surface area contributed by atoms with E-state index in [-0.39, 0.29) is 10.6 Å². The number of benzene rings is 1. The number of alkyl halides is 1. The Morgan fingerprint density at radius 1 is 1.46 bits per heavy atom. The minimum Gasteiger partial charge on any atom is -0.298 e. The summed E-state index contributed by atoms with van der Waals surface area (Å²) < 4.78 is 0.999. The number of aryl methyl sites for hydroxylation is 1. The largest absolute Gasteiger partial charge is 0.298 e. The summed E-state index contributed by atoms with van der Waals surface area (Å²) in [5.41, 5.74) is 2.15. The van der Waals surface area contributed by atoms with E-state index in [1.54, 1.807) is 6.92 Å². The molecule has 1 atom stereocenters. The van der Waals surface area contributed by atoms with Gasteiger partial charge in [0.1, 0.15) is 5.78 Å². The zero-order chi connectivity index (χ0) is 10.0. The topological polar surface area (TPSA) is 17.1 Å². The fraction of sp³-hybridized carbons (Fsp3) is 0.300. The normalized spacial score (nSPS) is 12.6. The van der Waals surface area contributed by atoms with E-state index in [9.17, 15) is 4.79 Å². The first-order valence-electron chi connectivity index (χ1n) is 3.93. The Hall–Kier alpha value is -0.150. The summed E-state index contributed by atoms with van der Waals surface area (Å²) >= 11 is 6.75. The van der Waals surface area contributed by atoms with E-state index in [1.165, 1.54) is 0 Å². The quantitative estimate of drug-likeness (QED) is 0.760. The van der Waals surface area contributed by atoms with Crippen molar-refractivity contribution in [2.75, 3.05) is 0 Å². The van der Waals surface area contributed by atoms with Crippen LogP contribution in [0.4, 0.5) is 0 Å². The fourth-order valence-electron chi connectivity index (χ4n) is 1.10. The van der Waals surface area contributed by atoms with E-state index in [0.717, 1.165) is 15.6 Å². The van der Waals surface area contributed by atoms with E-state index in [0.29, 0.717) is 0 Å². The van der Waals surface area contributed by atoms with Crippen LogP contribution in [-0.2, 0) is 4.79 Å². The fourth-order valence-corrected chi connectivity index (χ4v) is 1.98. The molecule has 0 fully saturated rings. The predicted octanol–water partition coefficient (Wildman–Crippen LogP) is 3.78. The van der Waals surface area contributed by atoms with Gasteiger partial charge in [-0.15, -0.1) is 0 Å². The van der Waals surface area contributed by atoms with Crippen LogP contribution in [0.1, 0.15) is 22.9 Å². The van der Waals surface area contributed by atoms with Gasteiger partial charge < -0.3 is 0 Å². The van der Waals surface area contributed by atoms with Crippen LogP contribution in [0.15, 0.2) is 22.7 Å². The maximum atomic E-state index is 11.1. The van der Waals surface area contributed by atoms with Gasteiger partial charge in [0.25, 0.3) is 0 Å². The summed E-state index contributed by atoms with van der Waals surface area (Å²) in [4.78, 5) is 11.0. The van der Waals surface area contributed by atoms with Gasteiger partial charge in [-0.2, -0.15) is 0 Å². The molecule has 0 saturated heterocycles. The molecule has 0 N–H and O–H groups in total. The average molecular weight is 306 g/mol. The molecule has 0 aliphatic rings. The smallest absolute Gasteiger partial charge is 0.147 e. The summed E-state index contributed by atoms with van der Waals surface area (Å²) in [5, 5.41) is 0. The zero-order valence-corrected chi connectivity index (χ0v) is 10.6. The van der Waals surface area contributed by atoms with Crippen LogP contribution in [-0.4, -0.2) is 5.78 Å². The monoisotopic (exact) mass is 304 g/mol. The molecule has 70 valence electrons. The van der Waals surface area contributed by atoms with E-state index >= 15 is 0 Å². The van der Waals surface area contributed by atoms with Gasteiger partial charge in [0.15, 0.2) is 0 Å². The molecule has 1 nitrogen and oxygen atoms in total. The Kier molecular flexibility index (Phi) is 3.68. The summed E-state index contributed by atoms with van der Waals surface area (Å²) in [5.74, 6) is 0.126. The standard InChI is InChI=1S/C10H10Br2O/c1-6-3-4-8(11)5-9(6)10(12)7(2)13/h3-5,10H,1-2H3. The van der Waals surface area contributed by atoms with Crippen molar-refractivity contribution in [3.8, 4) is 0 Å². The highest BCUT2D eigenvalue weighted by molar-refractivity contribution is 9.10. The van der Waals surface area contributed by atoms with Crippen LogP contribution in [0, 0.1) is 6.92 Å².